The lowest BCUT2D eigenvalue weighted by atomic mass is 10.1. The van der Waals surface area contributed by atoms with Crippen LogP contribution in [0.3, 0.4) is 0 Å². The smallest absolute Gasteiger partial charge is 0.238 e. The lowest BCUT2D eigenvalue weighted by molar-refractivity contribution is -0.123. The van der Waals surface area contributed by atoms with Gasteiger partial charge in [0.2, 0.25) is 11.8 Å². The van der Waals surface area contributed by atoms with Crippen molar-refractivity contribution in [1.29, 1.82) is 0 Å². The van der Waals surface area contributed by atoms with Crippen LogP contribution >= 0.6 is 0 Å². The molecule has 0 fully saturated rings. The Morgan fingerprint density at radius 2 is 1.62 bits per heavy atom. The molecule has 1 atom stereocenters. The quantitative estimate of drug-likeness (QED) is 0.626. The number of unbranched alkanes of at least 4 members (excludes halogenated alkanes) is 2. The zero-order valence-corrected chi connectivity index (χ0v) is 17.2. The molecule has 0 saturated heterocycles. The molecule has 0 unspecified atom stereocenters. The summed E-state index contributed by atoms with van der Waals surface area (Å²) in [6.07, 6.45) is 4.50. The van der Waals surface area contributed by atoms with Crippen LogP contribution in [0.1, 0.15) is 56.2 Å². The number of hydrogen-bond donors (Lipinski definition) is 2. The number of likely N-dealkylation sites (N-methyl/N-ethyl adjacent to an activating group) is 1. The number of rotatable bonds is 10. The van der Waals surface area contributed by atoms with Crippen LogP contribution in [0, 0.1) is 20.8 Å². The summed E-state index contributed by atoms with van der Waals surface area (Å²) in [5, 5.41) is 5.98. The molecular formula is C21H35N3O2. The van der Waals surface area contributed by atoms with Gasteiger partial charge in [0.15, 0.2) is 0 Å². The van der Waals surface area contributed by atoms with E-state index in [2.05, 4.69) is 29.7 Å². The van der Waals surface area contributed by atoms with Gasteiger partial charge >= 0.3 is 0 Å². The Morgan fingerprint density at radius 1 is 1.04 bits per heavy atom. The molecule has 146 valence electrons. The molecule has 0 bridgehead atoms. The number of nitrogens with zero attached hydrogens (tertiary/aromatic N) is 1. The minimum Gasteiger partial charge on any atom is -0.353 e. The summed E-state index contributed by atoms with van der Waals surface area (Å²) < 4.78 is 0. The van der Waals surface area contributed by atoms with Crippen LogP contribution in [0.2, 0.25) is 0 Å². The first-order valence-corrected chi connectivity index (χ1v) is 9.58. The summed E-state index contributed by atoms with van der Waals surface area (Å²) in [6.45, 7) is 10.6. The van der Waals surface area contributed by atoms with E-state index in [4.69, 9.17) is 0 Å². The van der Waals surface area contributed by atoms with Gasteiger partial charge in [0.05, 0.1) is 13.1 Å². The molecule has 0 aliphatic rings. The SMILES string of the molecule is CCCCC[C@@H](C)NC(=O)CN(C)CC(=O)Nc1c(C)cc(C)cc1C. The maximum Gasteiger partial charge on any atom is 0.238 e. The Balaban J connectivity index is 2.44. The average molecular weight is 362 g/mol. The second-order valence-corrected chi connectivity index (χ2v) is 7.46. The molecule has 5 nitrogen and oxygen atoms in total. The Kier molecular flexibility index (Phi) is 9.35. The predicted molar refractivity (Wildman–Crippen MR) is 109 cm³/mol. The van der Waals surface area contributed by atoms with Crippen LogP contribution in [-0.4, -0.2) is 42.9 Å². The van der Waals surface area contributed by atoms with Crippen molar-refractivity contribution >= 4 is 17.5 Å². The molecule has 0 heterocycles. The van der Waals surface area contributed by atoms with Crippen molar-refractivity contribution in [2.75, 3.05) is 25.5 Å². The zero-order chi connectivity index (χ0) is 19.7. The number of carbonyl (C=O) groups excluding carboxylic acids is 2. The molecule has 2 amide bonds. The molecule has 5 heteroatoms. The topological polar surface area (TPSA) is 61.4 Å². The third-order valence-corrected chi connectivity index (χ3v) is 4.42. The van der Waals surface area contributed by atoms with E-state index in [0.29, 0.717) is 0 Å². The first kappa shape index (κ1) is 22.2. The van der Waals surface area contributed by atoms with E-state index in [1.807, 2.05) is 27.7 Å². The third-order valence-electron chi connectivity index (χ3n) is 4.42. The van der Waals surface area contributed by atoms with Gasteiger partial charge in [0, 0.05) is 11.7 Å². The van der Waals surface area contributed by atoms with Gasteiger partial charge in [-0.15, -0.1) is 0 Å². The van der Waals surface area contributed by atoms with Crippen LogP contribution < -0.4 is 10.6 Å². The van der Waals surface area contributed by atoms with E-state index in [1.165, 1.54) is 18.4 Å². The number of amides is 2. The standard InChI is InChI=1S/C21H35N3O2/c1-7-8-9-10-18(5)22-19(25)13-24(6)14-20(26)23-21-16(3)11-15(2)12-17(21)4/h11-12,18H,7-10,13-14H2,1-6H3,(H,22,25)(H,23,26)/t18-/m1/s1. The average Bonchev–Trinajstić information content (AvgIpc) is 2.50. The van der Waals surface area contributed by atoms with E-state index in [-0.39, 0.29) is 30.9 Å². The van der Waals surface area contributed by atoms with Crippen molar-refractivity contribution in [1.82, 2.24) is 10.2 Å². The van der Waals surface area contributed by atoms with Gasteiger partial charge in [-0.05, 0) is 52.3 Å². The molecule has 0 aliphatic heterocycles. The highest BCUT2D eigenvalue weighted by molar-refractivity contribution is 5.94. The summed E-state index contributed by atoms with van der Waals surface area (Å²) in [6, 6.07) is 4.29. The number of nitrogens with one attached hydrogen (secondary N) is 2. The molecule has 2 N–H and O–H groups in total. The lowest BCUT2D eigenvalue weighted by Gasteiger charge is -2.19. The van der Waals surface area contributed by atoms with Gasteiger partial charge in [-0.2, -0.15) is 0 Å². The van der Waals surface area contributed by atoms with Crippen molar-refractivity contribution in [2.24, 2.45) is 0 Å². The molecule has 0 spiro atoms. The number of carbonyl (C=O) groups is 2. The van der Waals surface area contributed by atoms with Crippen molar-refractivity contribution in [3.8, 4) is 0 Å². The molecule has 26 heavy (non-hydrogen) atoms. The highest BCUT2D eigenvalue weighted by Gasteiger charge is 2.14. The fourth-order valence-corrected chi connectivity index (χ4v) is 3.20. The van der Waals surface area contributed by atoms with Crippen LogP contribution in [0.4, 0.5) is 5.69 Å². The predicted octanol–water partition coefficient (Wildman–Crippen LogP) is 3.57. The first-order valence-electron chi connectivity index (χ1n) is 9.58. The second kappa shape index (κ2) is 11.0. The molecular weight excluding hydrogens is 326 g/mol. The highest BCUT2D eigenvalue weighted by atomic mass is 16.2. The minimum atomic E-state index is -0.105. The van der Waals surface area contributed by atoms with Gasteiger partial charge in [0.25, 0.3) is 0 Å². The monoisotopic (exact) mass is 361 g/mol. The van der Waals surface area contributed by atoms with E-state index < -0.39 is 0 Å². The van der Waals surface area contributed by atoms with Crippen LogP contribution in [0.5, 0.6) is 0 Å². The Bertz CT molecular complexity index is 590. The molecule has 0 saturated carbocycles. The van der Waals surface area contributed by atoms with E-state index in [0.717, 1.165) is 29.7 Å². The molecule has 1 aromatic rings. The Morgan fingerprint density at radius 3 is 2.19 bits per heavy atom. The Labute approximate surface area is 158 Å². The van der Waals surface area contributed by atoms with Crippen molar-refractivity contribution in [3.05, 3.63) is 28.8 Å². The second-order valence-electron chi connectivity index (χ2n) is 7.46. The van der Waals surface area contributed by atoms with Gasteiger partial charge in [-0.1, -0.05) is 43.9 Å². The summed E-state index contributed by atoms with van der Waals surface area (Å²) in [7, 11) is 1.79. The fourth-order valence-electron chi connectivity index (χ4n) is 3.20. The number of hydrogen-bond acceptors (Lipinski definition) is 3. The minimum absolute atomic E-state index is 0.0352. The first-order chi connectivity index (χ1) is 12.2. The van der Waals surface area contributed by atoms with Gasteiger partial charge in [-0.25, -0.2) is 0 Å². The molecule has 0 radical (unpaired) electrons. The largest absolute Gasteiger partial charge is 0.353 e. The third kappa shape index (κ3) is 8.00. The van der Waals surface area contributed by atoms with Gasteiger partial charge in [0.1, 0.15) is 0 Å². The summed E-state index contributed by atoms with van der Waals surface area (Å²) >= 11 is 0. The summed E-state index contributed by atoms with van der Waals surface area (Å²) in [4.78, 5) is 26.1. The van der Waals surface area contributed by atoms with Crippen molar-refractivity contribution in [3.63, 3.8) is 0 Å². The Hall–Kier alpha value is -1.88. The normalized spacial score (nSPS) is 12.1. The summed E-state index contributed by atoms with van der Waals surface area (Å²) in [5.41, 5.74) is 4.15. The highest BCUT2D eigenvalue weighted by Crippen LogP contribution is 2.21. The van der Waals surface area contributed by atoms with Crippen LogP contribution in [-0.2, 0) is 9.59 Å². The number of aryl methyl sites for hydroxylation is 3. The number of benzene rings is 1. The molecule has 0 aromatic heterocycles. The maximum absolute atomic E-state index is 12.3. The fraction of sp³-hybridized carbons (Fsp3) is 0.619. The lowest BCUT2D eigenvalue weighted by Crippen LogP contribution is -2.42. The number of anilines is 1. The van der Waals surface area contributed by atoms with Gasteiger partial charge in [-0.3, -0.25) is 14.5 Å². The van der Waals surface area contributed by atoms with E-state index >= 15 is 0 Å². The summed E-state index contributed by atoms with van der Waals surface area (Å²) in [5.74, 6) is -0.140. The van der Waals surface area contributed by atoms with E-state index in [9.17, 15) is 9.59 Å². The molecule has 1 rings (SSSR count). The zero-order valence-electron chi connectivity index (χ0n) is 17.2. The van der Waals surface area contributed by atoms with E-state index in [1.54, 1.807) is 11.9 Å². The molecule has 0 aliphatic carbocycles. The van der Waals surface area contributed by atoms with Crippen molar-refractivity contribution in [2.45, 2.75) is 66.3 Å². The maximum atomic E-state index is 12.3. The van der Waals surface area contributed by atoms with Crippen molar-refractivity contribution < 1.29 is 9.59 Å². The van der Waals surface area contributed by atoms with Gasteiger partial charge < -0.3 is 10.6 Å². The van der Waals surface area contributed by atoms with Crippen LogP contribution in [0.25, 0.3) is 0 Å². The molecule has 1 aromatic carbocycles. The van der Waals surface area contributed by atoms with Crippen LogP contribution in [0.15, 0.2) is 12.1 Å².